The second-order valence-corrected chi connectivity index (χ2v) is 5.01. The maximum Gasteiger partial charge on any atom is 0.315 e. The molecular formula is C12H25N3O3. The van der Waals surface area contributed by atoms with E-state index in [-0.39, 0.29) is 36.9 Å². The summed E-state index contributed by atoms with van der Waals surface area (Å²) in [5.41, 5.74) is 5.49. The van der Waals surface area contributed by atoms with Gasteiger partial charge in [-0.1, -0.05) is 0 Å². The topological polar surface area (TPSA) is 96.6 Å². The van der Waals surface area contributed by atoms with Gasteiger partial charge in [0, 0.05) is 6.04 Å². The summed E-state index contributed by atoms with van der Waals surface area (Å²) in [5, 5.41) is 14.9. The number of ether oxygens (including phenoxy) is 1. The lowest BCUT2D eigenvalue weighted by molar-refractivity contribution is -0.0884. The second-order valence-electron chi connectivity index (χ2n) is 5.01. The van der Waals surface area contributed by atoms with Crippen molar-refractivity contribution in [1.29, 1.82) is 0 Å². The van der Waals surface area contributed by atoms with Crippen LogP contribution in [0.15, 0.2) is 0 Å². The highest BCUT2D eigenvalue weighted by atomic mass is 16.5. The van der Waals surface area contributed by atoms with Crippen LogP contribution in [0.1, 0.15) is 33.1 Å². The van der Waals surface area contributed by atoms with Crippen molar-refractivity contribution in [1.82, 2.24) is 10.6 Å². The van der Waals surface area contributed by atoms with Crippen molar-refractivity contribution in [2.24, 2.45) is 5.73 Å². The Labute approximate surface area is 108 Å². The van der Waals surface area contributed by atoms with Gasteiger partial charge in [-0.15, -0.1) is 0 Å². The van der Waals surface area contributed by atoms with Crippen LogP contribution < -0.4 is 16.4 Å². The molecule has 1 aliphatic heterocycles. The minimum atomic E-state index is -0.340. The molecule has 18 heavy (non-hydrogen) atoms. The molecule has 1 saturated heterocycles. The molecule has 0 bridgehead atoms. The van der Waals surface area contributed by atoms with Crippen LogP contribution in [-0.2, 0) is 4.74 Å². The number of aliphatic hydroxyl groups is 1. The molecule has 0 radical (unpaired) electrons. The van der Waals surface area contributed by atoms with E-state index in [9.17, 15) is 9.90 Å². The highest BCUT2D eigenvalue weighted by molar-refractivity contribution is 5.74. The summed E-state index contributed by atoms with van der Waals surface area (Å²) in [6.07, 6.45) is 2.22. The van der Waals surface area contributed by atoms with E-state index >= 15 is 0 Å². The third-order valence-corrected chi connectivity index (χ3v) is 3.02. The van der Waals surface area contributed by atoms with Crippen molar-refractivity contribution in [2.75, 3.05) is 13.2 Å². The third kappa shape index (κ3) is 4.80. The fourth-order valence-electron chi connectivity index (χ4n) is 2.17. The number of rotatable bonds is 5. The minimum absolute atomic E-state index is 0.0896. The fourth-order valence-corrected chi connectivity index (χ4v) is 2.17. The Bertz CT molecular complexity index is 261. The average molecular weight is 259 g/mol. The zero-order valence-corrected chi connectivity index (χ0v) is 11.2. The number of carbonyl (C=O) groups is 1. The molecule has 3 atom stereocenters. The molecule has 1 rings (SSSR count). The number of carbonyl (C=O) groups excluding carboxylic acids is 1. The van der Waals surface area contributed by atoms with Gasteiger partial charge in [0.2, 0.25) is 0 Å². The van der Waals surface area contributed by atoms with E-state index in [1.165, 1.54) is 0 Å². The maximum atomic E-state index is 11.6. The molecule has 106 valence electrons. The van der Waals surface area contributed by atoms with E-state index in [0.717, 1.165) is 19.3 Å². The van der Waals surface area contributed by atoms with E-state index in [0.29, 0.717) is 6.54 Å². The molecule has 1 fully saturated rings. The van der Waals surface area contributed by atoms with Gasteiger partial charge in [-0.05, 0) is 39.7 Å². The smallest absolute Gasteiger partial charge is 0.315 e. The number of amides is 2. The van der Waals surface area contributed by atoms with Gasteiger partial charge < -0.3 is 26.2 Å². The first kappa shape index (κ1) is 15.2. The van der Waals surface area contributed by atoms with E-state index in [1.54, 1.807) is 0 Å². The van der Waals surface area contributed by atoms with Crippen LogP contribution in [0.4, 0.5) is 4.79 Å². The van der Waals surface area contributed by atoms with E-state index < -0.39 is 0 Å². The zero-order valence-electron chi connectivity index (χ0n) is 11.2. The van der Waals surface area contributed by atoms with Crippen molar-refractivity contribution in [3.8, 4) is 0 Å². The van der Waals surface area contributed by atoms with Gasteiger partial charge in [-0.3, -0.25) is 0 Å². The van der Waals surface area contributed by atoms with Gasteiger partial charge in [-0.2, -0.15) is 0 Å². The first-order valence-electron chi connectivity index (χ1n) is 6.60. The monoisotopic (exact) mass is 259 g/mol. The number of hydrogen-bond donors (Lipinski definition) is 4. The first-order valence-corrected chi connectivity index (χ1v) is 6.60. The van der Waals surface area contributed by atoms with Gasteiger partial charge in [-0.25, -0.2) is 4.79 Å². The zero-order chi connectivity index (χ0) is 13.5. The van der Waals surface area contributed by atoms with Crippen LogP contribution in [0.3, 0.4) is 0 Å². The Morgan fingerprint density at radius 3 is 2.78 bits per heavy atom. The van der Waals surface area contributed by atoms with Crippen LogP contribution >= 0.6 is 0 Å². The standard InChI is InChI=1S/C12H25N3O3/c1-8(2)14-12(17)15-10-4-3-9(5-6-13)18-11(10)7-16/h8-11,16H,3-7,13H2,1-2H3,(H2,14,15,17)/t9-,10+,11+/m0/s1. The van der Waals surface area contributed by atoms with Crippen molar-refractivity contribution in [3.05, 3.63) is 0 Å². The lowest BCUT2D eigenvalue weighted by atomic mass is 9.97. The van der Waals surface area contributed by atoms with Gasteiger partial charge in [0.25, 0.3) is 0 Å². The summed E-state index contributed by atoms with van der Waals surface area (Å²) in [4.78, 5) is 11.6. The van der Waals surface area contributed by atoms with Gasteiger partial charge in [0.1, 0.15) is 6.10 Å². The second kappa shape index (κ2) is 7.56. The normalized spacial score (nSPS) is 28.2. The Balaban J connectivity index is 2.43. The minimum Gasteiger partial charge on any atom is -0.394 e. The maximum absolute atomic E-state index is 11.6. The van der Waals surface area contributed by atoms with Gasteiger partial charge >= 0.3 is 6.03 Å². The number of nitrogens with two attached hydrogens (primary N) is 1. The fraction of sp³-hybridized carbons (Fsp3) is 0.917. The molecule has 1 aliphatic rings. The molecule has 0 aromatic rings. The summed E-state index contributed by atoms with van der Waals surface area (Å²) in [7, 11) is 0. The lowest BCUT2D eigenvalue weighted by Gasteiger charge is -2.36. The average Bonchev–Trinajstić information content (AvgIpc) is 2.30. The molecule has 0 saturated carbocycles. The SMILES string of the molecule is CC(C)NC(=O)N[C@@H]1CC[C@@H](CCN)O[C@@H]1CO. The Morgan fingerprint density at radius 2 is 2.22 bits per heavy atom. The number of nitrogens with one attached hydrogen (secondary N) is 2. The molecule has 5 N–H and O–H groups in total. The predicted octanol–water partition coefficient (Wildman–Crippen LogP) is -0.0487. The lowest BCUT2D eigenvalue weighted by Crippen LogP contribution is -2.54. The highest BCUT2D eigenvalue weighted by Crippen LogP contribution is 2.21. The summed E-state index contributed by atoms with van der Waals surface area (Å²) < 4.78 is 5.72. The molecule has 6 heteroatoms. The summed E-state index contributed by atoms with van der Waals surface area (Å²) in [5.74, 6) is 0. The molecule has 1 heterocycles. The molecule has 2 amide bonds. The Hall–Kier alpha value is -0.850. The summed E-state index contributed by atoms with van der Waals surface area (Å²) in [6, 6.07) is -0.260. The summed E-state index contributed by atoms with van der Waals surface area (Å²) in [6.45, 7) is 4.29. The largest absolute Gasteiger partial charge is 0.394 e. The van der Waals surface area contributed by atoms with Crippen molar-refractivity contribution in [3.63, 3.8) is 0 Å². The van der Waals surface area contributed by atoms with Crippen molar-refractivity contribution < 1.29 is 14.6 Å². The van der Waals surface area contributed by atoms with Gasteiger partial charge in [0.05, 0.1) is 18.8 Å². The molecule has 0 aromatic heterocycles. The molecule has 0 aliphatic carbocycles. The molecule has 0 aromatic carbocycles. The van der Waals surface area contributed by atoms with Gasteiger partial charge in [0.15, 0.2) is 0 Å². The Kier molecular flexibility index (Phi) is 6.38. The third-order valence-electron chi connectivity index (χ3n) is 3.02. The van der Waals surface area contributed by atoms with E-state index in [2.05, 4.69) is 10.6 Å². The quantitative estimate of drug-likeness (QED) is 0.556. The van der Waals surface area contributed by atoms with Crippen molar-refractivity contribution in [2.45, 2.75) is 57.4 Å². The molecule has 0 spiro atoms. The summed E-state index contributed by atoms with van der Waals surface area (Å²) >= 11 is 0. The van der Waals surface area contributed by atoms with E-state index in [1.807, 2.05) is 13.8 Å². The van der Waals surface area contributed by atoms with Crippen LogP contribution in [0.25, 0.3) is 0 Å². The van der Waals surface area contributed by atoms with E-state index in [4.69, 9.17) is 10.5 Å². The molecule has 0 unspecified atom stereocenters. The first-order chi connectivity index (χ1) is 8.56. The van der Waals surface area contributed by atoms with Crippen LogP contribution in [0, 0.1) is 0 Å². The highest BCUT2D eigenvalue weighted by Gasteiger charge is 2.31. The Morgan fingerprint density at radius 1 is 1.50 bits per heavy atom. The molecule has 6 nitrogen and oxygen atoms in total. The number of aliphatic hydroxyl groups excluding tert-OH is 1. The molecular weight excluding hydrogens is 234 g/mol. The van der Waals surface area contributed by atoms with Crippen molar-refractivity contribution >= 4 is 6.03 Å². The predicted molar refractivity (Wildman–Crippen MR) is 69.2 cm³/mol. The van der Waals surface area contributed by atoms with Crippen LogP contribution in [-0.4, -0.2) is 48.6 Å². The van der Waals surface area contributed by atoms with Crippen LogP contribution in [0.5, 0.6) is 0 Å². The number of urea groups is 1. The number of hydrogen-bond acceptors (Lipinski definition) is 4. The van der Waals surface area contributed by atoms with Crippen LogP contribution in [0.2, 0.25) is 0 Å².